The minimum Gasteiger partial charge on any atom is -0.395 e. The van der Waals surface area contributed by atoms with Gasteiger partial charge in [0.15, 0.2) is 5.69 Å². The molecule has 0 spiro atoms. The van der Waals surface area contributed by atoms with Crippen LogP contribution in [0.2, 0.25) is 0 Å². The fourth-order valence-corrected chi connectivity index (χ4v) is 5.00. The van der Waals surface area contributed by atoms with Gasteiger partial charge in [0.05, 0.1) is 11.2 Å². The Kier molecular flexibility index (Phi) is 8.25. The van der Waals surface area contributed by atoms with Crippen molar-refractivity contribution in [2.45, 2.75) is 40.2 Å². The van der Waals surface area contributed by atoms with Crippen LogP contribution < -0.4 is 21.7 Å². The summed E-state index contributed by atoms with van der Waals surface area (Å²) >= 11 is 0.783. The lowest BCUT2D eigenvalue weighted by Crippen LogP contribution is -2.44. The number of hydrogen-bond acceptors (Lipinski definition) is 7. The van der Waals surface area contributed by atoms with Gasteiger partial charge in [0.1, 0.15) is 10.9 Å². The van der Waals surface area contributed by atoms with Crippen molar-refractivity contribution in [3.05, 3.63) is 82.0 Å². The lowest BCUT2D eigenvalue weighted by Gasteiger charge is -2.32. The molecule has 2 aromatic heterocycles. The minimum atomic E-state index is -1.05. The van der Waals surface area contributed by atoms with Crippen LogP contribution in [0.3, 0.4) is 0 Å². The first-order valence-corrected chi connectivity index (χ1v) is 13.4. The summed E-state index contributed by atoms with van der Waals surface area (Å²) < 4.78 is 4.02. The predicted molar refractivity (Wildman–Crippen MR) is 155 cm³/mol. The second kappa shape index (κ2) is 11.6. The number of carbonyl (C=O) groups is 3. The first-order valence-electron chi connectivity index (χ1n) is 12.7. The van der Waals surface area contributed by atoms with Crippen LogP contribution in [0.25, 0.3) is 10.9 Å². The molecule has 1 atom stereocenters. The summed E-state index contributed by atoms with van der Waals surface area (Å²) in [5.41, 5.74) is 15.2. The van der Waals surface area contributed by atoms with E-state index in [0.717, 1.165) is 40.0 Å². The Hall–Kier alpha value is -4.31. The quantitative estimate of drug-likeness (QED) is 0.282. The first-order chi connectivity index (χ1) is 18.6. The van der Waals surface area contributed by atoms with Gasteiger partial charge < -0.3 is 16.8 Å². The van der Waals surface area contributed by atoms with Crippen LogP contribution in [0, 0.1) is 19.8 Å². The summed E-state index contributed by atoms with van der Waals surface area (Å²) in [4.78, 5) is 45.8. The van der Waals surface area contributed by atoms with E-state index in [-0.39, 0.29) is 22.2 Å². The predicted octanol–water partition coefficient (Wildman–Crippen LogP) is 4.54. The molecule has 0 aliphatic heterocycles. The number of hydrogen-bond donors (Lipinski definition) is 3. The van der Waals surface area contributed by atoms with E-state index in [1.165, 1.54) is 4.90 Å². The average molecular weight is 545 g/mol. The molecular weight excluding hydrogens is 512 g/mol. The van der Waals surface area contributed by atoms with Crippen LogP contribution in [0.15, 0.2) is 54.7 Å². The number of carbonyl (C=O) groups excluding carboxylic acids is 3. The molecule has 0 saturated heterocycles. The maximum Gasteiger partial charge on any atom is 0.273 e. The van der Waals surface area contributed by atoms with Gasteiger partial charge in [-0.25, -0.2) is 0 Å². The summed E-state index contributed by atoms with van der Waals surface area (Å²) in [7, 11) is 0. The molecule has 0 bridgehead atoms. The Balaban J connectivity index is 1.91. The smallest absolute Gasteiger partial charge is 0.273 e. The van der Waals surface area contributed by atoms with Gasteiger partial charge in [-0.2, -0.15) is 4.37 Å². The Morgan fingerprint density at radius 1 is 1.05 bits per heavy atom. The molecular formula is C29H32N6O3S. The number of benzene rings is 2. The summed E-state index contributed by atoms with van der Waals surface area (Å²) in [5, 5.41) is 3.84. The number of primary amides is 1. The normalized spacial score (nSPS) is 11.9. The van der Waals surface area contributed by atoms with E-state index >= 15 is 0 Å². The van der Waals surface area contributed by atoms with Crippen molar-refractivity contribution in [1.82, 2.24) is 14.7 Å². The van der Waals surface area contributed by atoms with Crippen molar-refractivity contribution in [2.75, 3.05) is 17.2 Å². The van der Waals surface area contributed by atoms with Gasteiger partial charge in [0, 0.05) is 23.8 Å². The van der Waals surface area contributed by atoms with Gasteiger partial charge in [-0.3, -0.25) is 24.3 Å². The van der Waals surface area contributed by atoms with Gasteiger partial charge in [-0.15, -0.1) is 0 Å². The molecule has 2 heterocycles. The van der Waals surface area contributed by atoms with Crippen LogP contribution in [0.1, 0.15) is 63.2 Å². The van der Waals surface area contributed by atoms with Crippen molar-refractivity contribution >= 4 is 51.5 Å². The summed E-state index contributed by atoms with van der Waals surface area (Å²) in [6.45, 7) is 8.51. The monoisotopic (exact) mass is 544 g/mol. The maximum absolute atomic E-state index is 14.2. The number of amides is 3. The molecule has 202 valence electrons. The fourth-order valence-electron chi connectivity index (χ4n) is 4.26. The van der Waals surface area contributed by atoms with Gasteiger partial charge in [0.2, 0.25) is 5.91 Å². The molecule has 9 nitrogen and oxygen atoms in total. The molecule has 39 heavy (non-hydrogen) atoms. The molecule has 5 N–H and O–H groups in total. The molecule has 0 unspecified atom stereocenters. The number of nitrogens with zero attached hydrogens (tertiary/aromatic N) is 3. The summed E-state index contributed by atoms with van der Waals surface area (Å²) in [5.74, 6) is -1.34. The van der Waals surface area contributed by atoms with E-state index < -0.39 is 17.9 Å². The number of nitrogens with two attached hydrogens (primary N) is 2. The van der Waals surface area contributed by atoms with E-state index in [4.69, 9.17) is 11.5 Å². The molecule has 0 aliphatic rings. The third-order valence-electron chi connectivity index (χ3n) is 6.61. The van der Waals surface area contributed by atoms with Crippen molar-refractivity contribution in [3.8, 4) is 0 Å². The number of aromatic nitrogens is 2. The largest absolute Gasteiger partial charge is 0.395 e. The summed E-state index contributed by atoms with van der Waals surface area (Å²) in [6, 6.07) is 13.7. The number of nitrogens with one attached hydrogen (secondary N) is 1. The van der Waals surface area contributed by atoms with E-state index in [1.54, 1.807) is 18.3 Å². The number of anilines is 2. The molecule has 0 radical (unpaired) electrons. The van der Waals surface area contributed by atoms with Crippen molar-refractivity contribution in [1.29, 1.82) is 0 Å². The SMILES string of the molecule is Cc1ccc(N(C(=O)c2snc(C(N)=O)c2N)[C@H](C(=O)NCCC(C)C)c2ccc3ncccc3c2)cc1C. The fraction of sp³-hybridized carbons (Fsp3) is 0.276. The molecule has 10 heteroatoms. The standard InChI is InChI=1S/C29H32N6O3S/c1-16(2)11-13-33-28(37)25(20-8-10-22-19(15-20)6-5-12-32-22)35(21-9-7-17(3)18(4)14-21)29(38)26-23(30)24(27(31)36)34-39-26/h5-10,12,14-16,25H,11,13,30H2,1-4H3,(H2,31,36)(H,33,37)/t25-/m0/s1. The summed E-state index contributed by atoms with van der Waals surface area (Å²) in [6.07, 6.45) is 2.48. The van der Waals surface area contributed by atoms with Crippen LogP contribution in [0.4, 0.5) is 11.4 Å². The van der Waals surface area contributed by atoms with Crippen molar-refractivity contribution in [2.24, 2.45) is 11.7 Å². The topological polar surface area (TPSA) is 144 Å². The van der Waals surface area contributed by atoms with E-state index in [0.29, 0.717) is 23.7 Å². The second-order valence-corrected chi connectivity index (χ2v) is 10.7. The molecule has 2 aromatic carbocycles. The van der Waals surface area contributed by atoms with E-state index in [1.807, 2.05) is 50.2 Å². The maximum atomic E-state index is 14.2. The lowest BCUT2D eigenvalue weighted by atomic mass is 9.99. The number of nitrogen functional groups attached to an aromatic ring is 1. The number of aryl methyl sites for hydroxylation is 2. The zero-order valence-electron chi connectivity index (χ0n) is 22.4. The van der Waals surface area contributed by atoms with Gasteiger partial charge >= 0.3 is 0 Å². The molecule has 0 saturated carbocycles. The molecule has 0 aliphatic carbocycles. The highest BCUT2D eigenvalue weighted by Gasteiger charge is 2.36. The number of pyridine rings is 1. The van der Waals surface area contributed by atoms with Crippen molar-refractivity contribution in [3.63, 3.8) is 0 Å². The highest BCUT2D eigenvalue weighted by atomic mass is 32.1. The van der Waals surface area contributed by atoms with Gasteiger partial charge in [0.25, 0.3) is 11.8 Å². The number of rotatable bonds is 9. The van der Waals surface area contributed by atoms with E-state index in [2.05, 4.69) is 28.5 Å². The van der Waals surface area contributed by atoms with Crippen LogP contribution in [0.5, 0.6) is 0 Å². The Morgan fingerprint density at radius 3 is 2.49 bits per heavy atom. The van der Waals surface area contributed by atoms with Crippen molar-refractivity contribution < 1.29 is 14.4 Å². The average Bonchev–Trinajstić information content (AvgIpc) is 3.29. The molecule has 3 amide bonds. The third kappa shape index (κ3) is 5.91. The molecule has 0 fully saturated rings. The first kappa shape index (κ1) is 27.7. The zero-order valence-corrected chi connectivity index (χ0v) is 23.2. The highest BCUT2D eigenvalue weighted by Crippen LogP contribution is 2.35. The molecule has 4 rings (SSSR count). The second-order valence-electron chi connectivity index (χ2n) is 9.91. The van der Waals surface area contributed by atoms with E-state index in [9.17, 15) is 14.4 Å². The Bertz CT molecular complexity index is 1550. The highest BCUT2D eigenvalue weighted by molar-refractivity contribution is 7.09. The number of fused-ring (bicyclic) bond motifs is 1. The lowest BCUT2D eigenvalue weighted by molar-refractivity contribution is -0.122. The van der Waals surface area contributed by atoms with Gasteiger partial charge in [-0.05, 0) is 84.7 Å². The van der Waals surface area contributed by atoms with Gasteiger partial charge in [-0.1, -0.05) is 32.0 Å². The Morgan fingerprint density at radius 2 is 1.82 bits per heavy atom. The van der Waals surface area contributed by atoms with Crippen LogP contribution in [-0.2, 0) is 4.79 Å². The molecule has 4 aromatic rings. The Labute approximate surface area is 231 Å². The minimum absolute atomic E-state index is 0.0319. The third-order valence-corrected chi connectivity index (χ3v) is 7.46. The zero-order chi connectivity index (χ0) is 28.3. The van der Waals surface area contributed by atoms with Crippen LogP contribution >= 0.6 is 11.5 Å². The van der Waals surface area contributed by atoms with Crippen LogP contribution in [-0.4, -0.2) is 33.6 Å².